The van der Waals surface area contributed by atoms with Gasteiger partial charge in [0.05, 0.1) is 24.1 Å². The van der Waals surface area contributed by atoms with Crippen LogP contribution in [0.5, 0.6) is 5.75 Å². The number of aryl methyl sites for hydroxylation is 3. The van der Waals surface area contributed by atoms with E-state index in [9.17, 15) is 19.5 Å². The summed E-state index contributed by atoms with van der Waals surface area (Å²) in [6.45, 7) is 3.74. The number of esters is 1. The Bertz CT molecular complexity index is 1540. The Morgan fingerprint density at radius 2 is 1.76 bits per heavy atom. The van der Waals surface area contributed by atoms with Crippen LogP contribution >= 0.6 is 11.3 Å². The zero-order chi connectivity index (χ0) is 30.1. The lowest BCUT2D eigenvalue weighted by molar-refractivity contribution is -0.142. The predicted octanol–water partition coefficient (Wildman–Crippen LogP) is 3.06. The molecule has 42 heavy (non-hydrogen) atoms. The molecule has 4 aromatic rings. The number of ether oxygens (including phenoxy) is 1. The van der Waals surface area contributed by atoms with Gasteiger partial charge < -0.3 is 25.8 Å². The Hall–Kier alpha value is -4.91. The first-order chi connectivity index (χ1) is 20.2. The molecule has 13 heteroatoms. The molecule has 0 fully saturated rings. The van der Waals surface area contributed by atoms with Crippen LogP contribution in [0.25, 0.3) is 10.6 Å². The third-order valence-electron chi connectivity index (χ3n) is 6.26. The Balaban J connectivity index is 1.34. The summed E-state index contributed by atoms with van der Waals surface area (Å²) in [5, 5.41) is 20.3. The topological polar surface area (TPSA) is 168 Å². The average Bonchev–Trinajstić information content (AvgIpc) is 3.48. The van der Waals surface area contributed by atoms with Crippen LogP contribution in [0.3, 0.4) is 0 Å². The van der Waals surface area contributed by atoms with Crippen molar-refractivity contribution < 1.29 is 24.2 Å². The summed E-state index contributed by atoms with van der Waals surface area (Å²) < 4.78 is 4.84. The van der Waals surface area contributed by atoms with Gasteiger partial charge in [-0.25, -0.2) is 19.7 Å². The number of aromatic hydroxyl groups is 1. The van der Waals surface area contributed by atoms with Crippen molar-refractivity contribution in [3.05, 3.63) is 82.4 Å². The number of aromatic nitrogens is 4. The van der Waals surface area contributed by atoms with Gasteiger partial charge in [-0.3, -0.25) is 14.6 Å². The molecule has 0 radical (unpaired) electrons. The number of phenols is 1. The molecule has 0 aliphatic carbocycles. The first-order valence-electron chi connectivity index (χ1n) is 13.1. The van der Waals surface area contributed by atoms with Crippen molar-refractivity contribution in [3.8, 4) is 16.3 Å². The van der Waals surface area contributed by atoms with E-state index in [0.29, 0.717) is 28.9 Å². The molecule has 218 valence electrons. The molecule has 4 rings (SSSR count). The number of pyridine rings is 1. The van der Waals surface area contributed by atoms with E-state index in [1.165, 1.54) is 18.4 Å². The van der Waals surface area contributed by atoms with E-state index in [2.05, 4.69) is 35.9 Å². The second-order valence-electron chi connectivity index (χ2n) is 9.33. The van der Waals surface area contributed by atoms with Gasteiger partial charge in [-0.2, -0.15) is 0 Å². The highest BCUT2D eigenvalue weighted by molar-refractivity contribution is 7.13. The fourth-order valence-corrected chi connectivity index (χ4v) is 4.99. The zero-order valence-corrected chi connectivity index (χ0v) is 24.2. The summed E-state index contributed by atoms with van der Waals surface area (Å²) in [5.41, 5.74) is 3.11. The van der Waals surface area contributed by atoms with E-state index in [0.717, 1.165) is 24.0 Å². The Morgan fingerprint density at radius 1 is 1.02 bits per heavy atom. The Kier molecular flexibility index (Phi) is 10.1. The third-order valence-corrected chi connectivity index (χ3v) is 7.15. The van der Waals surface area contributed by atoms with Crippen molar-refractivity contribution in [2.45, 2.75) is 32.7 Å². The Labute approximate surface area is 246 Å². The largest absolute Gasteiger partial charge is 0.508 e. The number of methoxy groups -OCH3 is 1. The first kappa shape index (κ1) is 30.1. The van der Waals surface area contributed by atoms with Gasteiger partial charge in [-0.15, -0.1) is 11.3 Å². The van der Waals surface area contributed by atoms with Crippen molar-refractivity contribution in [3.63, 3.8) is 0 Å². The molecule has 3 aromatic heterocycles. The number of anilines is 1. The van der Waals surface area contributed by atoms with E-state index in [-0.39, 0.29) is 23.6 Å². The number of hydrogen-bond acceptors (Lipinski definition) is 11. The minimum absolute atomic E-state index is 0.187. The van der Waals surface area contributed by atoms with Crippen molar-refractivity contribution in [2.24, 2.45) is 0 Å². The maximum atomic E-state index is 13.2. The van der Waals surface area contributed by atoms with Crippen LogP contribution in [-0.4, -0.2) is 69.1 Å². The van der Waals surface area contributed by atoms with Crippen LogP contribution in [0.4, 0.5) is 5.95 Å². The van der Waals surface area contributed by atoms with Crippen LogP contribution < -0.4 is 16.0 Å². The summed E-state index contributed by atoms with van der Waals surface area (Å²) in [6.07, 6.45) is 4.82. The average molecular weight is 590 g/mol. The highest BCUT2D eigenvalue weighted by Gasteiger charge is 2.26. The van der Waals surface area contributed by atoms with Gasteiger partial charge >= 0.3 is 5.97 Å². The van der Waals surface area contributed by atoms with Crippen molar-refractivity contribution in [2.75, 3.05) is 25.5 Å². The summed E-state index contributed by atoms with van der Waals surface area (Å²) in [6, 6.07) is 9.53. The first-order valence-corrected chi connectivity index (χ1v) is 14.0. The van der Waals surface area contributed by atoms with Crippen LogP contribution in [0, 0.1) is 13.8 Å². The van der Waals surface area contributed by atoms with Crippen LogP contribution in [0.1, 0.15) is 44.2 Å². The number of benzene rings is 1. The lowest BCUT2D eigenvalue weighted by Gasteiger charge is -2.18. The molecular weight excluding hydrogens is 558 g/mol. The molecule has 0 saturated carbocycles. The maximum Gasteiger partial charge on any atom is 0.330 e. The van der Waals surface area contributed by atoms with E-state index >= 15 is 0 Å². The predicted molar refractivity (Wildman–Crippen MR) is 157 cm³/mol. The zero-order valence-electron chi connectivity index (χ0n) is 23.4. The summed E-state index contributed by atoms with van der Waals surface area (Å²) in [4.78, 5) is 55.5. The van der Waals surface area contributed by atoms with Crippen LogP contribution in [0.15, 0.2) is 54.2 Å². The van der Waals surface area contributed by atoms with Gasteiger partial charge in [0.15, 0.2) is 0 Å². The fourth-order valence-electron chi connectivity index (χ4n) is 4.19. The van der Waals surface area contributed by atoms with Crippen molar-refractivity contribution in [1.82, 2.24) is 30.6 Å². The van der Waals surface area contributed by atoms with E-state index in [1.54, 1.807) is 62.0 Å². The highest BCUT2D eigenvalue weighted by atomic mass is 32.1. The number of carbonyl (C=O) groups excluding carboxylic acids is 3. The SMILES string of the molecule is COC(=O)C(CNC(=O)c1csc(-c2ccncc2)n1)NC(=O)c1c(C)nc(NCCCc2cccc(O)c2)nc1C. The third kappa shape index (κ3) is 7.85. The van der Waals surface area contributed by atoms with Gasteiger partial charge in [0.2, 0.25) is 5.95 Å². The molecule has 1 aromatic carbocycles. The molecule has 0 saturated heterocycles. The quantitative estimate of drug-likeness (QED) is 0.142. The van der Waals surface area contributed by atoms with E-state index < -0.39 is 23.8 Å². The molecule has 1 unspecified atom stereocenters. The van der Waals surface area contributed by atoms with Gasteiger partial charge in [-0.05, 0) is 56.5 Å². The second-order valence-corrected chi connectivity index (χ2v) is 10.2. The molecule has 1 atom stereocenters. The molecule has 4 N–H and O–H groups in total. The molecule has 3 heterocycles. The minimum atomic E-state index is -1.15. The maximum absolute atomic E-state index is 13.2. The number of hydrogen-bond donors (Lipinski definition) is 4. The standard InChI is InChI=1S/C29H31N7O5S/c1-17-24(18(2)34-29(33-17)31-11-5-7-19-6-4-8-21(37)14-19)26(39)35-22(28(40)41-3)15-32-25(38)23-16-42-27(36-23)20-9-12-30-13-10-20/h4,6,8-10,12-14,16,22,37H,5,7,11,15H2,1-3H3,(H,32,38)(H,35,39)(H,31,33,34). The lowest BCUT2D eigenvalue weighted by atomic mass is 10.1. The molecule has 2 amide bonds. The molecular formula is C29H31N7O5S. The second kappa shape index (κ2) is 14.1. The van der Waals surface area contributed by atoms with E-state index in [4.69, 9.17) is 4.74 Å². The summed E-state index contributed by atoms with van der Waals surface area (Å²) in [7, 11) is 1.20. The fraction of sp³-hybridized carbons (Fsp3) is 0.276. The van der Waals surface area contributed by atoms with Gasteiger partial charge in [-0.1, -0.05) is 12.1 Å². The number of carbonyl (C=O) groups is 3. The monoisotopic (exact) mass is 589 g/mol. The normalized spacial score (nSPS) is 11.4. The molecule has 0 aliphatic heterocycles. The summed E-state index contributed by atoms with van der Waals surface area (Å²) >= 11 is 1.30. The number of thiazole rings is 1. The van der Waals surface area contributed by atoms with Gasteiger partial charge in [0.25, 0.3) is 11.8 Å². The molecule has 12 nitrogen and oxygen atoms in total. The van der Waals surface area contributed by atoms with Crippen molar-refractivity contribution >= 4 is 35.1 Å². The van der Waals surface area contributed by atoms with Gasteiger partial charge in [0, 0.05) is 36.4 Å². The number of nitrogens with one attached hydrogen (secondary N) is 3. The van der Waals surface area contributed by atoms with Gasteiger partial charge in [0.1, 0.15) is 22.5 Å². The summed E-state index contributed by atoms with van der Waals surface area (Å²) in [5.74, 6) is -1.18. The minimum Gasteiger partial charge on any atom is -0.508 e. The molecule has 0 aliphatic rings. The van der Waals surface area contributed by atoms with Crippen LogP contribution in [0.2, 0.25) is 0 Å². The number of phenolic OH excluding ortho intramolecular Hbond substituents is 1. The number of nitrogens with zero attached hydrogens (tertiary/aromatic N) is 4. The van der Waals surface area contributed by atoms with E-state index in [1.807, 2.05) is 6.07 Å². The lowest BCUT2D eigenvalue weighted by Crippen LogP contribution is -2.49. The Morgan fingerprint density at radius 3 is 2.45 bits per heavy atom. The van der Waals surface area contributed by atoms with Crippen LogP contribution in [-0.2, 0) is 16.0 Å². The number of amides is 2. The highest BCUT2D eigenvalue weighted by Crippen LogP contribution is 2.22. The molecule has 0 spiro atoms. The number of rotatable bonds is 12. The smallest absolute Gasteiger partial charge is 0.330 e. The van der Waals surface area contributed by atoms with Crippen molar-refractivity contribution in [1.29, 1.82) is 0 Å². The molecule has 0 bridgehead atoms.